The molecule has 0 saturated carbocycles. The van der Waals surface area contributed by atoms with Gasteiger partial charge >= 0.3 is 0 Å². The van der Waals surface area contributed by atoms with Crippen molar-refractivity contribution in [2.75, 3.05) is 14.2 Å². The Labute approximate surface area is 80.0 Å². The highest BCUT2D eigenvalue weighted by molar-refractivity contribution is 5.77. The maximum Gasteiger partial charge on any atom is 0.249 e. The normalized spacial score (nSPS) is 11.4. The van der Waals surface area contributed by atoms with Crippen LogP contribution in [0.5, 0.6) is 0 Å². The first-order valence-electron chi connectivity index (χ1n) is 4.40. The van der Waals surface area contributed by atoms with E-state index in [-0.39, 0.29) is 11.8 Å². The third-order valence-electron chi connectivity index (χ3n) is 1.72. The maximum absolute atomic E-state index is 11.4. The van der Waals surface area contributed by atoms with Gasteiger partial charge in [0, 0.05) is 25.8 Å². The predicted molar refractivity (Wildman–Crippen MR) is 51.6 cm³/mol. The summed E-state index contributed by atoms with van der Waals surface area (Å²) < 4.78 is 0. The Morgan fingerprint density at radius 1 is 1.54 bits per heavy atom. The van der Waals surface area contributed by atoms with E-state index < -0.39 is 0 Å². The fourth-order valence-electron chi connectivity index (χ4n) is 0.838. The molecule has 0 N–H and O–H groups in total. The largest absolute Gasteiger partial charge is 0.275 e. The lowest BCUT2D eigenvalue weighted by Gasteiger charge is -2.16. The molecule has 0 aromatic heterocycles. The maximum atomic E-state index is 11.4. The minimum Gasteiger partial charge on any atom is -0.275 e. The van der Waals surface area contributed by atoms with E-state index in [4.69, 9.17) is 4.84 Å². The van der Waals surface area contributed by atoms with Crippen molar-refractivity contribution in [1.82, 2.24) is 5.06 Å². The van der Waals surface area contributed by atoms with Gasteiger partial charge in [-0.15, -0.1) is 11.8 Å². The van der Waals surface area contributed by atoms with E-state index in [1.165, 1.54) is 12.2 Å². The number of amides is 1. The van der Waals surface area contributed by atoms with Crippen molar-refractivity contribution in [3.63, 3.8) is 0 Å². The van der Waals surface area contributed by atoms with E-state index >= 15 is 0 Å². The van der Waals surface area contributed by atoms with Gasteiger partial charge in [0.05, 0.1) is 7.11 Å². The van der Waals surface area contributed by atoms with Crippen LogP contribution in [0.4, 0.5) is 0 Å². The zero-order chi connectivity index (χ0) is 10.3. The average molecular weight is 183 g/mol. The lowest BCUT2D eigenvalue weighted by molar-refractivity contribution is -0.172. The Morgan fingerprint density at radius 3 is 2.62 bits per heavy atom. The summed E-state index contributed by atoms with van der Waals surface area (Å²) in [6.45, 7) is 3.84. The quantitative estimate of drug-likeness (QED) is 0.489. The fraction of sp³-hybridized carbons (Fsp3) is 0.700. The summed E-state index contributed by atoms with van der Waals surface area (Å²) in [6, 6.07) is 0. The number of carbonyl (C=O) groups is 1. The van der Waals surface area contributed by atoms with Crippen LogP contribution in [-0.2, 0) is 9.63 Å². The van der Waals surface area contributed by atoms with Gasteiger partial charge in [-0.25, -0.2) is 5.06 Å². The average Bonchev–Trinajstić information content (AvgIpc) is 2.15. The molecule has 1 atom stereocenters. The molecule has 0 fully saturated rings. The van der Waals surface area contributed by atoms with E-state index in [1.54, 1.807) is 7.05 Å². The Hall–Kier alpha value is -1.01. The molecular formula is C10H17NO2. The lowest BCUT2D eigenvalue weighted by Crippen LogP contribution is -2.30. The minimum absolute atomic E-state index is 0.0343. The number of hydrogen-bond donors (Lipinski definition) is 0. The molecular weight excluding hydrogens is 166 g/mol. The molecule has 0 aromatic rings. The molecule has 13 heavy (non-hydrogen) atoms. The lowest BCUT2D eigenvalue weighted by atomic mass is 10.1. The standard InChI is InChI=1S/C10H17NO2/c1-5-6-7-8-9(2)10(12)11(3)13-4/h9H,5,8H2,1-4H3/t9-/m0/s1. The van der Waals surface area contributed by atoms with E-state index in [2.05, 4.69) is 11.8 Å². The molecule has 0 spiro atoms. The third-order valence-corrected chi connectivity index (χ3v) is 1.72. The van der Waals surface area contributed by atoms with E-state index in [9.17, 15) is 4.79 Å². The number of hydrogen-bond acceptors (Lipinski definition) is 2. The van der Waals surface area contributed by atoms with Crippen molar-refractivity contribution < 1.29 is 9.63 Å². The van der Waals surface area contributed by atoms with Crippen molar-refractivity contribution in [3.8, 4) is 11.8 Å². The first-order chi connectivity index (χ1) is 6.13. The molecule has 0 aromatic carbocycles. The van der Waals surface area contributed by atoms with Crippen LogP contribution in [0.25, 0.3) is 0 Å². The molecule has 0 rings (SSSR count). The molecule has 0 saturated heterocycles. The SMILES string of the molecule is CCC#CC[C@H](C)C(=O)N(C)OC. The highest BCUT2D eigenvalue weighted by Gasteiger charge is 2.15. The van der Waals surface area contributed by atoms with E-state index in [0.29, 0.717) is 6.42 Å². The second-order valence-electron chi connectivity index (χ2n) is 2.83. The Kier molecular flexibility index (Phi) is 5.99. The zero-order valence-corrected chi connectivity index (χ0v) is 8.76. The molecule has 1 amide bonds. The van der Waals surface area contributed by atoms with Crippen LogP contribution >= 0.6 is 0 Å². The van der Waals surface area contributed by atoms with Gasteiger partial charge in [-0.05, 0) is 0 Å². The van der Waals surface area contributed by atoms with Crippen molar-refractivity contribution in [3.05, 3.63) is 0 Å². The Morgan fingerprint density at radius 2 is 2.15 bits per heavy atom. The van der Waals surface area contributed by atoms with Crippen LogP contribution in [0.15, 0.2) is 0 Å². The molecule has 3 nitrogen and oxygen atoms in total. The van der Waals surface area contributed by atoms with Crippen molar-refractivity contribution >= 4 is 5.91 Å². The molecule has 0 unspecified atom stereocenters. The molecule has 0 heterocycles. The van der Waals surface area contributed by atoms with Crippen LogP contribution in [0, 0.1) is 17.8 Å². The zero-order valence-electron chi connectivity index (χ0n) is 8.76. The second kappa shape index (κ2) is 6.50. The summed E-state index contributed by atoms with van der Waals surface area (Å²) in [7, 11) is 3.08. The molecule has 74 valence electrons. The van der Waals surface area contributed by atoms with Crippen LogP contribution in [0.3, 0.4) is 0 Å². The summed E-state index contributed by atoms with van der Waals surface area (Å²) in [6.07, 6.45) is 1.43. The van der Waals surface area contributed by atoms with Gasteiger partial charge in [0.1, 0.15) is 0 Å². The smallest absolute Gasteiger partial charge is 0.249 e. The van der Waals surface area contributed by atoms with Gasteiger partial charge in [0.25, 0.3) is 0 Å². The summed E-state index contributed by atoms with van der Waals surface area (Å²) in [5, 5.41) is 1.23. The highest BCUT2D eigenvalue weighted by Crippen LogP contribution is 2.04. The van der Waals surface area contributed by atoms with Crippen LogP contribution in [0.2, 0.25) is 0 Å². The number of carbonyl (C=O) groups excluding carboxylic acids is 1. The second-order valence-corrected chi connectivity index (χ2v) is 2.83. The monoisotopic (exact) mass is 183 g/mol. The highest BCUT2D eigenvalue weighted by atomic mass is 16.7. The number of rotatable bonds is 3. The molecule has 3 heteroatoms. The molecule has 0 bridgehead atoms. The summed E-state index contributed by atoms with van der Waals surface area (Å²) in [5.74, 6) is 5.74. The summed E-state index contributed by atoms with van der Waals surface area (Å²) in [4.78, 5) is 16.2. The molecule has 0 aliphatic carbocycles. The van der Waals surface area contributed by atoms with Gasteiger partial charge < -0.3 is 0 Å². The topological polar surface area (TPSA) is 29.5 Å². The molecule has 0 aliphatic rings. The van der Waals surface area contributed by atoms with Gasteiger partial charge in [0.2, 0.25) is 5.91 Å². The van der Waals surface area contributed by atoms with Gasteiger partial charge in [-0.2, -0.15) is 0 Å². The van der Waals surface area contributed by atoms with E-state index in [0.717, 1.165) is 6.42 Å². The first kappa shape index (κ1) is 12.0. The summed E-state index contributed by atoms with van der Waals surface area (Å²) >= 11 is 0. The van der Waals surface area contributed by atoms with Crippen LogP contribution < -0.4 is 0 Å². The van der Waals surface area contributed by atoms with Crippen LogP contribution in [0.1, 0.15) is 26.7 Å². The van der Waals surface area contributed by atoms with Crippen molar-refractivity contribution in [2.24, 2.45) is 5.92 Å². The Bertz CT molecular complexity index is 215. The van der Waals surface area contributed by atoms with Gasteiger partial charge in [-0.1, -0.05) is 13.8 Å². The van der Waals surface area contributed by atoms with Gasteiger partial charge in [-0.3, -0.25) is 9.63 Å². The third kappa shape index (κ3) is 4.54. The summed E-state index contributed by atoms with van der Waals surface area (Å²) in [5.41, 5.74) is 0. The Balaban J connectivity index is 3.96. The van der Waals surface area contributed by atoms with E-state index in [1.807, 2.05) is 13.8 Å². The predicted octanol–water partition coefficient (Wildman–Crippen LogP) is 1.45. The van der Waals surface area contributed by atoms with Crippen LogP contribution in [-0.4, -0.2) is 25.1 Å². The van der Waals surface area contributed by atoms with Gasteiger partial charge in [0.15, 0.2) is 0 Å². The molecule has 0 radical (unpaired) electrons. The van der Waals surface area contributed by atoms with Crippen molar-refractivity contribution in [2.45, 2.75) is 26.7 Å². The fourth-order valence-corrected chi connectivity index (χ4v) is 0.838. The number of hydroxylamine groups is 2. The van der Waals surface area contributed by atoms with Crippen molar-refractivity contribution in [1.29, 1.82) is 0 Å². The first-order valence-corrected chi connectivity index (χ1v) is 4.40. The number of nitrogens with zero attached hydrogens (tertiary/aromatic N) is 1. The molecule has 0 aliphatic heterocycles. The minimum atomic E-state index is -0.0935.